The number of aryl methyl sites for hydroxylation is 1. The van der Waals surface area contributed by atoms with E-state index in [4.69, 9.17) is 14.2 Å². The Labute approximate surface area is 188 Å². The summed E-state index contributed by atoms with van der Waals surface area (Å²) in [6.45, 7) is 5.97. The molecule has 0 unspecified atom stereocenters. The van der Waals surface area contributed by atoms with E-state index in [1.807, 2.05) is 61.5 Å². The molecule has 3 aromatic rings. The molecule has 0 atom stereocenters. The van der Waals surface area contributed by atoms with Gasteiger partial charge in [-0.25, -0.2) is 0 Å². The standard InChI is InChI=1S/C26H28N2O4/c1-20-19-21(28-13-15-30-16-14-28)11-12-24(20)27-26(29)23-9-5-6-10-25(23)32-18-17-31-22-7-3-2-4-8-22/h2-12,19H,13-18H2,1H3,(H,27,29). The van der Waals surface area contributed by atoms with Crippen LogP contribution in [-0.2, 0) is 4.74 Å². The zero-order chi connectivity index (χ0) is 22.2. The summed E-state index contributed by atoms with van der Waals surface area (Å²) in [5.41, 5.74) is 3.43. The van der Waals surface area contributed by atoms with Crippen LogP contribution in [0.5, 0.6) is 11.5 Å². The predicted molar refractivity (Wildman–Crippen MR) is 126 cm³/mol. The molecular weight excluding hydrogens is 404 g/mol. The van der Waals surface area contributed by atoms with Gasteiger partial charge in [0.15, 0.2) is 0 Å². The molecule has 1 aliphatic heterocycles. The fourth-order valence-corrected chi connectivity index (χ4v) is 3.60. The van der Waals surface area contributed by atoms with E-state index in [9.17, 15) is 4.79 Å². The second kappa shape index (κ2) is 10.7. The molecule has 1 heterocycles. The third-order valence-corrected chi connectivity index (χ3v) is 5.32. The number of ether oxygens (including phenoxy) is 3. The van der Waals surface area contributed by atoms with E-state index in [1.54, 1.807) is 12.1 Å². The Morgan fingerprint density at radius 1 is 0.938 bits per heavy atom. The molecule has 1 aliphatic rings. The number of hydrogen-bond acceptors (Lipinski definition) is 5. The van der Waals surface area contributed by atoms with Gasteiger partial charge in [-0.1, -0.05) is 30.3 Å². The molecular formula is C26H28N2O4. The monoisotopic (exact) mass is 432 g/mol. The van der Waals surface area contributed by atoms with Crippen molar-refractivity contribution >= 4 is 17.3 Å². The average molecular weight is 433 g/mol. The van der Waals surface area contributed by atoms with E-state index in [1.165, 1.54) is 0 Å². The van der Waals surface area contributed by atoms with E-state index in [0.29, 0.717) is 24.5 Å². The number of nitrogens with zero attached hydrogens (tertiary/aromatic N) is 1. The van der Waals surface area contributed by atoms with E-state index >= 15 is 0 Å². The Morgan fingerprint density at radius 3 is 2.44 bits per heavy atom. The van der Waals surface area contributed by atoms with Crippen LogP contribution in [0.25, 0.3) is 0 Å². The molecule has 0 aliphatic carbocycles. The van der Waals surface area contributed by atoms with Crippen molar-refractivity contribution in [3.63, 3.8) is 0 Å². The predicted octanol–water partition coefficient (Wildman–Crippen LogP) is 4.54. The minimum Gasteiger partial charge on any atom is -0.490 e. The van der Waals surface area contributed by atoms with Crippen molar-refractivity contribution < 1.29 is 19.0 Å². The molecule has 0 bridgehead atoms. The van der Waals surface area contributed by atoms with Crippen LogP contribution in [0.4, 0.5) is 11.4 Å². The number of benzene rings is 3. The first-order valence-electron chi connectivity index (χ1n) is 10.8. The summed E-state index contributed by atoms with van der Waals surface area (Å²) in [5, 5.41) is 3.02. The van der Waals surface area contributed by atoms with Gasteiger partial charge in [-0.3, -0.25) is 4.79 Å². The van der Waals surface area contributed by atoms with Gasteiger partial charge in [-0.2, -0.15) is 0 Å². The van der Waals surface area contributed by atoms with Gasteiger partial charge in [0.2, 0.25) is 0 Å². The summed E-state index contributed by atoms with van der Waals surface area (Å²) in [7, 11) is 0. The summed E-state index contributed by atoms with van der Waals surface area (Å²) in [6, 6.07) is 22.9. The quantitative estimate of drug-likeness (QED) is 0.530. The topological polar surface area (TPSA) is 60.0 Å². The Morgan fingerprint density at radius 2 is 1.66 bits per heavy atom. The van der Waals surface area contributed by atoms with E-state index < -0.39 is 0 Å². The third kappa shape index (κ3) is 5.59. The minimum absolute atomic E-state index is 0.202. The highest BCUT2D eigenvalue weighted by molar-refractivity contribution is 6.06. The lowest BCUT2D eigenvalue weighted by Crippen LogP contribution is -2.36. The van der Waals surface area contributed by atoms with Crippen LogP contribution in [0.2, 0.25) is 0 Å². The van der Waals surface area contributed by atoms with Gasteiger partial charge in [0.25, 0.3) is 5.91 Å². The molecule has 32 heavy (non-hydrogen) atoms. The molecule has 0 radical (unpaired) electrons. The number of amides is 1. The maximum absolute atomic E-state index is 13.0. The highest BCUT2D eigenvalue weighted by Gasteiger charge is 2.15. The zero-order valence-corrected chi connectivity index (χ0v) is 18.3. The van der Waals surface area contributed by atoms with Gasteiger partial charge >= 0.3 is 0 Å². The Hall–Kier alpha value is -3.51. The number of anilines is 2. The molecule has 4 rings (SSSR count). The molecule has 1 saturated heterocycles. The number of carbonyl (C=O) groups is 1. The number of rotatable bonds is 8. The molecule has 0 saturated carbocycles. The Bertz CT molecular complexity index is 1030. The van der Waals surface area contributed by atoms with Crippen molar-refractivity contribution in [3.8, 4) is 11.5 Å². The van der Waals surface area contributed by atoms with Crippen LogP contribution in [0.1, 0.15) is 15.9 Å². The van der Waals surface area contributed by atoms with Crippen LogP contribution < -0.4 is 19.7 Å². The highest BCUT2D eigenvalue weighted by Crippen LogP contribution is 2.25. The van der Waals surface area contributed by atoms with Crippen LogP contribution in [0.15, 0.2) is 72.8 Å². The summed E-state index contributed by atoms with van der Waals surface area (Å²) in [6.07, 6.45) is 0. The van der Waals surface area contributed by atoms with Gasteiger partial charge in [-0.05, 0) is 55.0 Å². The van der Waals surface area contributed by atoms with Crippen molar-refractivity contribution in [1.29, 1.82) is 0 Å². The van der Waals surface area contributed by atoms with Crippen LogP contribution in [0.3, 0.4) is 0 Å². The second-order valence-electron chi connectivity index (χ2n) is 7.56. The lowest BCUT2D eigenvalue weighted by Gasteiger charge is -2.29. The Kier molecular flexibility index (Phi) is 7.25. The minimum atomic E-state index is -0.202. The van der Waals surface area contributed by atoms with Gasteiger partial charge in [-0.15, -0.1) is 0 Å². The van der Waals surface area contributed by atoms with E-state index in [-0.39, 0.29) is 5.91 Å². The number of para-hydroxylation sites is 2. The maximum Gasteiger partial charge on any atom is 0.259 e. The van der Waals surface area contributed by atoms with E-state index in [2.05, 4.69) is 16.3 Å². The number of morpholine rings is 1. The first-order chi connectivity index (χ1) is 15.7. The second-order valence-corrected chi connectivity index (χ2v) is 7.56. The summed E-state index contributed by atoms with van der Waals surface area (Å²) in [5.74, 6) is 1.12. The summed E-state index contributed by atoms with van der Waals surface area (Å²) < 4.78 is 16.9. The molecule has 1 amide bonds. The zero-order valence-electron chi connectivity index (χ0n) is 18.3. The smallest absolute Gasteiger partial charge is 0.259 e. The lowest BCUT2D eigenvalue weighted by molar-refractivity contribution is 0.102. The third-order valence-electron chi connectivity index (χ3n) is 5.32. The first-order valence-corrected chi connectivity index (χ1v) is 10.8. The maximum atomic E-state index is 13.0. The van der Waals surface area contributed by atoms with Gasteiger partial charge in [0.05, 0.1) is 18.8 Å². The van der Waals surface area contributed by atoms with Crippen molar-refractivity contribution in [2.24, 2.45) is 0 Å². The summed E-state index contributed by atoms with van der Waals surface area (Å²) >= 11 is 0. The van der Waals surface area contributed by atoms with Gasteiger partial charge < -0.3 is 24.4 Å². The SMILES string of the molecule is Cc1cc(N2CCOCC2)ccc1NC(=O)c1ccccc1OCCOc1ccccc1. The molecule has 1 fully saturated rings. The first kappa shape index (κ1) is 21.7. The van der Waals surface area contributed by atoms with Crippen LogP contribution in [-0.4, -0.2) is 45.4 Å². The lowest BCUT2D eigenvalue weighted by atomic mass is 10.1. The molecule has 6 nitrogen and oxygen atoms in total. The van der Waals surface area contributed by atoms with E-state index in [0.717, 1.165) is 49.0 Å². The van der Waals surface area contributed by atoms with Crippen molar-refractivity contribution in [2.45, 2.75) is 6.92 Å². The molecule has 0 aromatic heterocycles. The largest absolute Gasteiger partial charge is 0.490 e. The fourth-order valence-electron chi connectivity index (χ4n) is 3.60. The molecule has 1 N–H and O–H groups in total. The molecule has 0 spiro atoms. The van der Waals surface area contributed by atoms with Gasteiger partial charge in [0, 0.05) is 24.5 Å². The van der Waals surface area contributed by atoms with Crippen molar-refractivity contribution in [1.82, 2.24) is 0 Å². The fraction of sp³-hybridized carbons (Fsp3) is 0.269. The van der Waals surface area contributed by atoms with Crippen molar-refractivity contribution in [2.75, 3.05) is 49.7 Å². The average Bonchev–Trinajstić information content (AvgIpc) is 2.84. The molecule has 6 heteroatoms. The van der Waals surface area contributed by atoms with Crippen LogP contribution >= 0.6 is 0 Å². The summed E-state index contributed by atoms with van der Waals surface area (Å²) in [4.78, 5) is 15.3. The normalized spacial score (nSPS) is 13.5. The Balaban J connectivity index is 1.37. The number of carbonyl (C=O) groups excluding carboxylic acids is 1. The molecule has 3 aromatic carbocycles. The molecule has 166 valence electrons. The highest BCUT2D eigenvalue weighted by atomic mass is 16.5. The van der Waals surface area contributed by atoms with Gasteiger partial charge in [0.1, 0.15) is 24.7 Å². The van der Waals surface area contributed by atoms with Crippen molar-refractivity contribution in [3.05, 3.63) is 83.9 Å². The number of hydrogen-bond donors (Lipinski definition) is 1. The number of nitrogens with one attached hydrogen (secondary N) is 1. The van der Waals surface area contributed by atoms with Crippen LogP contribution in [0, 0.1) is 6.92 Å².